The first-order valence-electron chi connectivity index (χ1n) is 4.03. The Morgan fingerprint density at radius 3 is 2.30 bits per heavy atom. The van der Waals surface area contributed by atoms with Crippen LogP contribution in [0.5, 0.6) is 0 Å². The topological polar surface area (TPSA) is 35.2 Å². The van der Waals surface area contributed by atoms with Gasteiger partial charge in [0.15, 0.2) is 0 Å². The lowest BCUT2D eigenvalue weighted by Gasteiger charge is -2.45. The predicted octanol–water partition coefficient (Wildman–Crippen LogP) is 1.01. The summed E-state index contributed by atoms with van der Waals surface area (Å²) in [4.78, 5) is 0. The first kappa shape index (κ1) is 8.02. The molecule has 2 N–H and O–H groups in total. The molecule has 1 heterocycles. The lowest BCUT2D eigenvalue weighted by molar-refractivity contribution is -0.142. The minimum absolute atomic E-state index is 0.425. The lowest BCUT2D eigenvalue weighted by atomic mass is 9.72. The van der Waals surface area contributed by atoms with E-state index in [2.05, 4.69) is 13.8 Å². The molecule has 0 unspecified atom stereocenters. The van der Waals surface area contributed by atoms with Crippen LogP contribution in [0.3, 0.4) is 0 Å². The van der Waals surface area contributed by atoms with Crippen molar-refractivity contribution in [3.8, 4) is 0 Å². The molecular weight excluding hydrogens is 126 g/mol. The van der Waals surface area contributed by atoms with Crippen molar-refractivity contribution in [2.75, 3.05) is 19.8 Å². The number of nitrogens with two attached hydrogens (primary N) is 1. The summed E-state index contributed by atoms with van der Waals surface area (Å²) in [6.45, 7) is 7.06. The third-order valence-electron chi connectivity index (χ3n) is 2.88. The first-order valence-corrected chi connectivity index (χ1v) is 4.03. The molecule has 0 aromatic rings. The Morgan fingerprint density at radius 2 is 2.20 bits per heavy atom. The minimum atomic E-state index is 0.425. The zero-order valence-corrected chi connectivity index (χ0v) is 6.89. The maximum atomic E-state index is 5.59. The van der Waals surface area contributed by atoms with Crippen molar-refractivity contribution in [3.63, 3.8) is 0 Å². The highest BCUT2D eigenvalue weighted by Gasteiger charge is 2.40. The average Bonchev–Trinajstić information content (AvgIpc) is 1.86. The average molecular weight is 143 g/mol. The fourth-order valence-corrected chi connectivity index (χ4v) is 1.45. The number of rotatable bonds is 3. The molecule has 60 valence electrons. The first-order chi connectivity index (χ1) is 4.75. The summed E-state index contributed by atoms with van der Waals surface area (Å²) in [5.74, 6) is 0.617. The summed E-state index contributed by atoms with van der Waals surface area (Å²) < 4.78 is 5.20. The van der Waals surface area contributed by atoms with Crippen LogP contribution in [-0.2, 0) is 4.74 Å². The highest BCUT2D eigenvalue weighted by atomic mass is 16.5. The van der Waals surface area contributed by atoms with Gasteiger partial charge in [-0.1, -0.05) is 13.8 Å². The van der Waals surface area contributed by atoms with Crippen molar-refractivity contribution in [3.05, 3.63) is 0 Å². The van der Waals surface area contributed by atoms with Gasteiger partial charge < -0.3 is 10.5 Å². The molecule has 0 aromatic heterocycles. The zero-order chi connectivity index (χ0) is 7.61. The van der Waals surface area contributed by atoms with Crippen molar-refractivity contribution in [1.29, 1.82) is 0 Å². The van der Waals surface area contributed by atoms with E-state index >= 15 is 0 Å². The van der Waals surface area contributed by atoms with Gasteiger partial charge >= 0.3 is 0 Å². The molecule has 0 amide bonds. The summed E-state index contributed by atoms with van der Waals surface area (Å²) >= 11 is 0. The second-order valence-corrected chi connectivity index (χ2v) is 3.35. The van der Waals surface area contributed by atoms with Crippen LogP contribution in [0.2, 0.25) is 0 Å². The zero-order valence-electron chi connectivity index (χ0n) is 6.89. The third-order valence-corrected chi connectivity index (χ3v) is 2.88. The van der Waals surface area contributed by atoms with Crippen LogP contribution in [0, 0.1) is 11.3 Å². The van der Waals surface area contributed by atoms with Crippen LogP contribution in [0.1, 0.15) is 20.3 Å². The molecule has 1 rings (SSSR count). The van der Waals surface area contributed by atoms with Crippen molar-refractivity contribution in [2.24, 2.45) is 17.1 Å². The van der Waals surface area contributed by atoms with Gasteiger partial charge in [0.2, 0.25) is 0 Å². The number of ether oxygens (including phenoxy) is 1. The van der Waals surface area contributed by atoms with E-state index in [4.69, 9.17) is 10.5 Å². The SMILES string of the molecule is CCC1([C@H](C)CN)COC1. The van der Waals surface area contributed by atoms with Gasteiger partial charge in [-0.2, -0.15) is 0 Å². The summed E-state index contributed by atoms with van der Waals surface area (Å²) in [5, 5.41) is 0. The highest BCUT2D eigenvalue weighted by molar-refractivity contribution is 4.89. The molecule has 0 aromatic carbocycles. The van der Waals surface area contributed by atoms with E-state index in [0.717, 1.165) is 19.8 Å². The summed E-state index contributed by atoms with van der Waals surface area (Å²) in [5.41, 5.74) is 6.01. The molecule has 1 fully saturated rings. The van der Waals surface area contributed by atoms with E-state index in [1.807, 2.05) is 0 Å². The Bertz CT molecular complexity index is 104. The molecule has 1 aliphatic heterocycles. The fraction of sp³-hybridized carbons (Fsp3) is 1.00. The van der Waals surface area contributed by atoms with E-state index in [-0.39, 0.29) is 0 Å². The smallest absolute Gasteiger partial charge is 0.0547 e. The van der Waals surface area contributed by atoms with Crippen molar-refractivity contribution >= 4 is 0 Å². The van der Waals surface area contributed by atoms with E-state index in [1.54, 1.807) is 0 Å². The normalized spacial score (nSPS) is 25.5. The molecule has 1 aliphatic rings. The van der Waals surface area contributed by atoms with Gasteiger partial charge in [0, 0.05) is 5.41 Å². The van der Waals surface area contributed by atoms with Crippen LogP contribution in [-0.4, -0.2) is 19.8 Å². The summed E-state index contributed by atoms with van der Waals surface area (Å²) in [7, 11) is 0. The Balaban J connectivity index is 2.46. The molecule has 0 radical (unpaired) electrons. The second kappa shape index (κ2) is 2.89. The van der Waals surface area contributed by atoms with Gasteiger partial charge in [0.1, 0.15) is 0 Å². The lowest BCUT2D eigenvalue weighted by Crippen LogP contribution is -2.49. The largest absolute Gasteiger partial charge is 0.380 e. The van der Waals surface area contributed by atoms with Crippen LogP contribution < -0.4 is 5.73 Å². The second-order valence-electron chi connectivity index (χ2n) is 3.35. The highest BCUT2D eigenvalue weighted by Crippen LogP contribution is 2.38. The number of hydrogen-bond donors (Lipinski definition) is 1. The van der Waals surface area contributed by atoms with Gasteiger partial charge in [-0.25, -0.2) is 0 Å². The Kier molecular flexibility index (Phi) is 2.32. The van der Waals surface area contributed by atoms with E-state index in [9.17, 15) is 0 Å². The molecule has 10 heavy (non-hydrogen) atoms. The molecule has 2 heteroatoms. The van der Waals surface area contributed by atoms with Crippen LogP contribution >= 0.6 is 0 Å². The van der Waals surface area contributed by atoms with Gasteiger partial charge in [-0.05, 0) is 18.9 Å². The van der Waals surface area contributed by atoms with Gasteiger partial charge in [-0.15, -0.1) is 0 Å². The molecule has 1 saturated heterocycles. The predicted molar refractivity (Wildman–Crippen MR) is 41.8 cm³/mol. The molecule has 0 bridgehead atoms. The van der Waals surface area contributed by atoms with Crippen LogP contribution in [0.15, 0.2) is 0 Å². The molecule has 1 atom stereocenters. The minimum Gasteiger partial charge on any atom is -0.380 e. The number of hydrogen-bond acceptors (Lipinski definition) is 2. The quantitative estimate of drug-likeness (QED) is 0.640. The maximum Gasteiger partial charge on any atom is 0.0547 e. The molecule has 0 saturated carbocycles. The summed E-state index contributed by atoms with van der Waals surface area (Å²) in [6, 6.07) is 0. The van der Waals surface area contributed by atoms with Crippen LogP contribution in [0.4, 0.5) is 0 Å². The molecule has 0 aliphatic carbocycles. The monoisotopic (exact) mass is 143 g/mol. The van der Waals surface area contributed by atoms with Gasteiger partial charge in [0.05, 0.1) is 13.2 Å². The van der Waals surface area contributed by atoms with Crippen molar-refractivity contribution in [2.45, 2.75) is 20.3 Å². The summed E-state index contributed by atoms with van der Waals surface area (Å²) in [6.07, 6.45) is 1.20. The molecule has 0 spiro atoms. The maximum absolute atomic E-state index is 5.59. The van der Waals surface area contributed by atoms with Gasteiger partial charge in [-0.3, -0.25) is 0 Å². The van der Waals surface area contributed by atoms with Gasteiger partial charge in [0.25, 0.3) is 0 Å². The van der Waals surface area contributed by atoms with E-state index < -0.39 is 0 Å². The van der Waals surface area contributed by atoms with Crippen LogP contribution in [0.25, 0.3) is 0 Å². The Hall–Kier alpha value is -0.0800. The Morgan fingerprint density at radius 1 is 1.60 bits per heavy atom. The van der Waals surface area contributed by atoms with E-state index in [1.165, 1.54) is 6.42 Å². The fourth-order valence-electron chi connectivity index (χ4n) is 1.45. The van der Waals surface area contributed by atoms with Crippen molar-refractivity contribution < 1.29 is 4.74 Å². The standard InChI is InChI=1S/C8H17NO/c1-3-8(5-10-6-8)7(2)4-9/h7H,3-6,9H2,1-2H3/t7-/m1/s1. The van der Waals surface area contributed by atoms with Crippen molar-refractivity contribution in [1.82, 2.24) is 0 Å². The Labute approximate surface area is 62.7 Å². The molecule has 2 nitrogen and oxygen atoms in total. The third kappa shape index (κ3) is 1.06. The van der Waals surface area contributed by atoms with E-state index in [0.29, 0.717) is 11.3 Å². The molecular formula is C8H17NO.